The number of carboxylic acids is 1. The molecular weight excluding hydrogens is 190 g/mol. The molecule has 0 bridgehead atoms. The first-order chi connectivity index (χ1) is 6.59. The van der Waals surface area contributed by atoms with Gasteiger partial charge in [0.15, 0.2) is 5.76 Å². The van der Waals surface area contributed by atoms with E-state index < -0.39 is 5.97 Å². The molecule has 1 heterocycles. The van der Waals surface area contributed by atoms with E-state index in [0.717, 1.165) is 6.20 Å². The molecule has 0 aromatic rings. The largest absolute Gasteiger partial charge is 0.504 e. The molecule has 0 atom stereocenters. The van der Waals surface area contributed by atoms with Crippen LogP contribution in [0.4, 0.5) is 0 Å². The smallest absolute Gasteiger partial charge is 0.303 e. The van der Waals surface area contributed by atoms with Crippen LogP contribution in [0.25, 0.3) is 0 Å². The zero-order chi connectivity index (χ0) is 10.6. The van der Waals surface area contributed by atoms with Gasteiger partial charge in [0, 0.05) is 6.42 Å². The number of carboxylic acid groups (broad SMARTS) is 1. The molecule has 0 unspecified atom stereocenters. The quantitative estimate of drug-likeness (QED) is 0.518. The lowest BCUT2D eigenvalue weighted by Crippen LogP contribution is -2.32. The first-order valence-corrected chi connectivity index (χ1v) is 4.03. The molecule has 78 valence electrons. The van der Waals surface area contributed by atoms with Gasteiger partial charge in [0.25, 0.3) is 0 Å². The minimum Gasteiger partial charge on any atom is -0.504 e. The van der Waals surface area contributed by atoms with E-state index in [1.54, 1.807) is 0 Å². The summed E-state index contributed by atoms with van der Waals surface area (Å²) < 4.78 is 0. The molecule has 1 aliphatic heterocycles. The average molecular weight is 201 g/mol. The van der Waals surface area contributed by atoms with Crippen molar-refractivity contribution in [3.05, 3.63) is 12.0 Å². The van der Waals surface area contributed by atoms with E-state index in [0.29, 0.717) is 23.7 Å². The average Bonchev–Trinajstić information content (AvgIpc) is 2.08. The highest BCUT2D eigenvalue weighted by Gasteiger charge is 2.12. The number of allylic oxidation sites excluding steroid dienone is 1. The fraction of sp³-hybridized carbons (Fsp3) is 0.429. The number of aliphatic hydroxyl groups is 1. The number of hydrazine groups is 1. The summed E-state index contributed by atoms with van der Waals surface area (Å²) >= 11 is 0. The molecule has 4 N–H and O–H groups in total. The van der Waals surface area contributed by atoms with E-state index in [9.17, 15) is 9.90 Å². The number of nitrogens with zero attached hydrogens (tertiary/aromatic N) is 2. The van der Waals surface area contributed by atoms with Crippen molar-refractivity contribution in [2.75, 3.05) is 0 Å². The molecule has 0 aromatic carbocycles. The van der Waals surface area contributed by atoms with Crippen LogP contribution >= 0.6 is 0 Å². The van der Waals surface area contributed by atoms with Crippen LogP contribution in [0.3, 0.4) is 0 Å². The van der Waals surface area contributed by atoms with Crippen LogP contribution in [0.5, 0.6) is 0 Å². The van der Waals surface area contributed by atoms with Crippen LogP contribution in [0.2, 0.25) is 0 Å². The van der Waals surface area contributed by atoms with Gasteiger partial charge in [-0.25, -0.2) is 0 Å². The normalized spacial score (nSPS) is 15.6. The Morgan fingerprint density at radius 1 is 1.64 bits per heavy atom. The van der Waals surface area contributed by atoms with Crippen molar-refractivity contribution in [1.82, 2.24) is 10.7 Å². The maximum atomic E-state index is 10.2. The van der Waals surface area contributed by atoms with Crippen LogP contribution in [0, 0.1) is 0 Å². The predicted molar refractivity (Wildman–Crippen MR) is 46.4 cm³/mol. The van der Waals surface area contributed by atoms with Crippen molar-refractivity contribution in [2.45, 2.75) is 19.3 Å². The second-order valence-electron chi connectivity index (χ2n) is 2.76. The Bertz CT molecular complexity index is 287. The molecule has 1 rings (SSSR count). The number of carbonyl (C=O) groups is 1. The molecule has 7 nitrogen and oxygen atoms in total. The van der Waals surface area contributed by atoms with Crippen LogP contribution in [-0.4, -0.2) is 32.3 Å². The van der Waals surface area contributed by atoms with E-state index in [1.807, 2.05) is 0 Å². The summed E-state index contributed by atoms with van der Waals surface area (Å²) in [6.07, 6.45) is 1.80. The Hall–Kier alpha value is -1.76. The predicted octanol–water partition coefficient (Wildman–Crippen LogP) is 0.206. The number of rotatable bonds is 4. The monoisotopic (exact) mass is 201 g/mol. The van der Waals surface area contributed by atoms with Crippen molar-refractivity contribution < 1.29 is 20.2 Å². The van der Waals surface area contributed by atoms with Crippen LogP contribution in [0.15, 0.2) is 17.1 Å². The third kappa shape index (κ3) is 2.94. The number of nitrogens with one attached hydrogen (secondary N) is 1. The molecule has 0 aliphatic carbocycles. The topological polar surface area (TPSA) is 105 Å². The summed E-state index contributed by atoms with van der Waals surface area (Å²) in [5.74, 6) is -1.06. The van der Waals surface area contributed by atoms with Gasteiger partial charge in [0.05, 0.1) is 6.20 Å². The maximum absolute atomic E-state index is 10.2. The maximum Gasteiger partial charge on any atom is 0.303 e. The highest BCUT2D eigenvalue weighted by Crippen LogP contribution is 2.07. The molecule has 0 amide bonds. The van der Waals surface area contributed by atoms with E-state index in [-0.39, 0.29) is 12.2 Å². The molecule has 14 heavy (non-hydrogen) atoms. The number of hydroxylamine groups is 1. The summed E-state index contributed by atoms with van der Waals surface area (Å²) in [5.41, 5.74) is 2.52. The van der Waals surface area contributed by atoms with Crippen molar-refractivity contribution >= 4 is 11.7 Å². The number of aliphatic carboxylic acids is 1. The molecular formula is C7H11N3O4. The molecule has 0 fully saturated rings. The van der Waals surface area contributed by atoms with Gasteiger partial charge in [-0.3, -0.25) is 10.0 Å². The Morgan fingerprint density at radius 3 is 2.93 bits per heavy atom. The standard InChI is InChI=1S/C7H11N3O4/c11-6-4-10(14)9-8-5(6)2-1-3-7(12)13/h4,9,11,14H,1-3H2,(H,12,13). The lowest BCUT2D eigenvalue weighted by molar-refractivity contribution is -0.137. The van der Waals surface area contributed by atoms with Gasteiger partial charge >= 0.3 is 5.97 Å². The summed E-state index contributed by atoms with van der Waals surface area (Å²) in [6.45, 7) is 0. The number of hydrogen-bond acceptors (Lipinski definition) is 6. The molecule has 1 aliphatic rings. The number of hydrazone groups is 1. The first kappa shape index (κ1) is 10.3. The second kappa shape index (κ2) is 4.47. The third-order valence-electron chi connectivity index (χ3n) is 1.63. The second-order valence-corrected chi connectivity index (χ2v) is 2.76. The molecule has 7 heteroatoms. The van der Waals surface area contributed by atoms with Gasteiger partial charge in [-0.05, 0) is 12.8 Å². The SMILES string of the molecule is O=C(O)CCCC1=NNN(O)C=C1O. The lowest BCUT2D eigenvalue weighted by atomic mass is 10.1. The number of aliphatic hydroxyl groups excluding tert-OH is 1. The van der Waals surface area contributed by atoms with Crippen LogP contribution in [0.1, 0.15) is 19.3 Å². The summed E-state index contributed by atoms with van der Waals surface area (Å²) in [4.78, 5) is 10.2. The summed E-state index contributed by atoms with van der Waals surface area (Å²) in [7, 11) is 0. The van der Waals surface area contributed by atoms with Crippen molar-refractivity contribution in [2.24, 2.45) is 5.10 Å². The van der Waals surface area contributed by atoms with E-state index in [1.165, 1.54) is 0 Å². The fourth-order valence-corrected chi connectivity index (χ4v) is 0.979. The van der Waals surface area contributed by atoms with Crippen LogP contribution in [-0.2, 0) is 4.79 Å². The molecule has 0 aromatic heterocycles. The molecule has 0 radical (unpaired) electrons. The van der Waals surface area contributed by atoms with E-state index >= 15 is 0 Å². The summed E-state index contributed by atoms with van der Waals surface area (Å²) in [5, 5.41) is 30.5. The van der Waals surface area contributed by atoms with Gasteiger partial charge in [0.1, 0.15) is 5.71 Å². The summed E-state index contributed by atoms with van der Waals surface area (Å²) in [6, 6.07) is 0. The van der Waals surface area contributed by atoms with Crippen molar-refractivity contribution in [3.63, 3.8) is 0 Å². The molecule has 0 saturated carbocycles. The Balaban J connectivity index is 2.39. The van der Waals surface area contributed by atoms with Crippen molar-refractivity contribution in [1.29, 1.82) is 0 Å². The highest BCUT2D eigenvalue weighted by atomic mass is 16.5. The van der Waals surface area contributed by atoms with Gasteiger partial charge in [-0.1, -0.05) is 0 Å². The highest BCUT2D eigenvalue weighted by molar-refractivity contribution is 5.98. The lowest BCUT2D eigenvalue weighted by Gasteiger charge is -2.17. The van der Waals surface area contributed by atoms with E-state index in [4.69, 9.17) is 10.3 Å². The number of hydrogen-bond donors (Lipinski definition) is 4. The van der Waals surface area contributed by atoms with Gasteiger partial charge in [0.2, 0.25) is 0 Å². The molecule has 0 spiro atoms. The zero-order valence-corrected chi connectivity index (χ0v) is 7.34. The Kier molecular flexibility index (Phi) is 3.29. The minimum absolute atomic E-state index is 0.0230. The third-order valence-corrected chi connectivity index (χ3v) is 1.63. The van der Waals surface area contributed by atoms with E-state index in [2.05, 4.69) is 10.6 Å². The van der Waals surface area contributed by atoms with Crippen LogP contribution < -0.4 is 5.53 Å². The first-order valence-electron chi connectivity index (χ1n) is 4.03. The Labute approximate surface area is 79.9 Å². The minimum atomic E-state index is -0.887. The van der Waals surface area contributed by atoms with Gasteiger partial charge in [-0.15, -0.1) is 0 Å². The Morgan fingerprint density at radius 2 is 2.36 bits per heavy atom. The zero-order valence-electron chi connectivity index (χ0n) is 7.34. The molecule has 0 saturated heterocycles. The van der Waals surface area contributed by atoms with Gasteiger partial charge in [-0.2, -0.15) is 15.8 Å². The van der Waals surface area contributed by atoms with Gasteiger partial charge < -0.3 is 10.2 Å². The fourth-order valence-electron chi connectivity index (χ4n) is 0.979. The van der Waals surface area contributed by atoms with Crippen molar-refractivity contribution in [3.8, 4) is 0 Å².